The van der Waals surface area contributed by atoms with Crippen LogP contribution in [0.4, 0.5) is 10.5 Å². The maximum atomic E-state index is 13.0. The van der Waals surface area contributed by atoms with Crippen LogP contribution in [-0.4, -0.2) is 31.4 Å². The van der Waals surface area contributed by atoms with Crippen LogP contribution in [0.15, 0.2) is 29.0 Å². The molecule has 9 heteroatoms. The maximum absolute atomic E-state index is 13.0. The second kappa shape index (κ2) is 6.32. The van der Waals surface area contributed by atoms with Crippen LogP contribution in [-0.2, 0) is 11.3 Å². The fraction of sp³-hybridized carbons (Fsp3) is 0.400. The number of anilines is 1. The summed E-state index contributed by atoms with van der Waals surface area (Å²) in [5, 5.41) is 4.65. The van der Waals surface area contributed by atoms with E-state index in [1.807, 2.05) is 31.4 Å². The fourth-order valence-electron chi connectivity index (χ4n) is 3.38. The Labute approximate surface area is 172 Å². The zero-order chi connectivity index (χ0) is 20.3. The van der Waals surface area contributed by atoms with Crippen molar-refractivity contribution in [2.24, 2.45) is 0 Å². The Kier molecular flexibility index (Phi) is 3.96. The standard InChI is InChI=1S/C20H20ClN5O3/c1-20(2,3)28-19(27)25-9-15-16(17-23-18(29-24-17)11-4-5-11)22-10-26(15)13-7-6-12(21)8-14(13)25/h6-8,10-11H,4-5,9H2,1-3H3. The van der Waals surface area contributed by atoms with Crippen molar-refractivity contribution in [3.05, 3.63) is 41.1 Å². The second-order valence-electron chi connectivity index (χ2n) is 8.34. The van der Waals surface area contributed by atoms with Gasteiger partial charge in [-0.25, -0.2) is 9.78 Å². The predicted octanol–water partition coefficient (Wildman–Crippen LogP) is 4.71. The van der Waals surface area contributed by atoms with Gasteiger partial charge in [-0.3, -0.25) is 9.47 Å². The quantitative estimate of drug-likeness (QED) is 0.604. The van der Waals surface area contributed by atoms with Gasteiger partial charge in [-0.1, -0.05) is 16.8 Å². The number of halogens is 1. The van der Waals surface area contributed by atoms with Crippen LogP contribution < -0.4 is 4.90 Å². The van der Waals surface area contributed by atoms with E-state index in [1.54, 1.807) is 23.4 Å². The van der Waals surface area contributed by atoms with Gasteiger partial charge < -0.3 is 9.26 Å². The molecule has 0 bridgehead atoms. The fourth-order valence-corrected chi connectivity index (χ4v) is 3.54. The van der Waals surface area contributed by atoms with Crippen molar-refractivity contribution in [3.8, 4) is 17.2 Å². The van der Waals surface area contributed by atoms with Gasteiger partial charge in [-0.05, 0) is 51.8 Å². The van der Waals surface area contributed by atoms with Gasteiger partial charge in [0.05, 0.1) is 23.6 Å². The lowest BCUT2D eigenvalue weighted by molar-refractivity contribution is 0.0575. The van der Waals surface area contributed by atoms with Gasteiger partial charge in [0, 0.05) is 10.9 Å². The lowest BCUT2D eigenvalue weighted by Gasteiger charge is -2.32. The number of carbonyl (C=O) groups excluding carboxylic acids is 1. The number of hydrogen-bond acceptors (Lipinski definition) is 6. The molecule has 5 rings (SSSR count). The Morgan fingerprint density at radius 3 is 2.79 bits per heavy atom. The first kappa shape index (κ1) is 18.2. The van der Waals surface area contributed by atoms with Crippen LogP contribution in [0.1, 0.15) is 51.1 Å². The average Bonchev–Trinajstić information content (AvgIpc) is 3.22. The van der Waals surface area contributed by atoms with Crippen molar-refractivity contribution in [2.75, 3.05) is 4.90 Å². The molecule has 29 heavy (non-hydrogen) atoms. The number of imidazole rings is 1. The zero-order valence-electron chi connectivity index (χ0n) is 16.3. The van der Waals surface area contributed by atoms with Crippen molar-refractivity contribution >= 4 is 23.4 Å². The maximum Gasteiger partial charge on any atom is 0.415 e. The SMILES string of the molecule is CC(C)(C)OC(=O)N1Cc2c(-c3noc(C4CC4)n3)ncn2-c2ccc(Cl)cc21. The Bertz CT molecular complexity index is 1110. The molecular formula is C20H20ClN5O3. The normalized spacial score (nSPS) is 15.8. The van der Waals surface area contributed by atoms with E-state index in [2.05, 4.69) is 15.1 Å². The van der Waals surface area contributed by atoms with Gasteiger partial charge in [-0.15, -0.1) is 0 Å². The Hall–Kier alpha value is -2.87. The third kappa shape index (κ3) is 3.27. The minimum absolute atomic E-state index is 0.255. The number of hydrogen-bond donors (Lipinski definition) is 0. The zero-order valence-corrected chi connectivity index (χ0v) is 17.1. The molecule has 1 aliphatic carbocycles. The molecule has 2 aliphatic rings. The summed E-state index contributed by atoms with van der Waals surface area (Å²) < 4.78 is 12.9. The molecule has 0 saturated heterocycles. The van der Waals surface area contributed by atoms with Crippen LogP contribution in [0.3, 0.4) is 0 Å². The smallest absolute Gasteiger partial charge is 0.415 e. The minimum atomic E-state index is -0.622. The summed E-state index contributed by atoms with van der Waals surface area (Å²) in [6.07, 6.45) is 3.40. The van der Waals surface area contributed by atoms with E-state index in [0.717, 1.165) is 24.2 Å². The Balaban J connectivity index is 1.59. The minimum Gasteiger partial charge on any atom is -0.443 e. The lowest BCUT2D eigenvalue weighted by atomic mass is 10.1. The Morgan fingerprint density at radius 2 is 2.07 bits per heavy atom. The number of amides is 1. The Morgan fingerprint density at radius 1 is 1.28 bits per heavy atom. The summed E-state index contributed by atoms with van der Waals surface area (Å²) >= 11 is 6.21. The van der Waals surface area contributed by atoms with Crippen LogP contribution in [0.2, 0.25) is 5.02 Å². The van der Waals surface area contributed by atoms with E-state index in [4.69, 9.17) is 20.9 Å². The van der Waals surface area contributed by atoms with Crippen LogP contribution in [0, 0.1) is 0 Å². The molecule has 1 saturated carbocycles. The third-order valence-corrected chi connectivity index (χ3v) is 5.09. The van der Waals surface area contributed by atoms with Gasteiger partial charge in [0.15, 0.2) is 0 Å². The number of ether oxygens (including phenoxy) is 1. The predicted molar refractivity (Wildman–Crippen MR) is 106 cm³/mol. The second-order valence-corrected chi connectivity index (χ2v) is 8.78. The highest BCUT2D eigenvalue weighted by Gasteiger charge is 2.34. The van der Waals surface area contributed by atoms with E-state index < -0.39 is 11.7 Å². The summed E-state index contributed by atoms with van der Waals surface area (Å²) in [4.78, 5) is 23.5. The summed E-state index contributed by atoms with van der Waals surface area (Å²) in [6.45, 7) is 5.76. The van der Waals surface area contributed by atoms with Gasteiger partial charge in [-0.2, -0.15) is 4.98 Å². The highest BCUT2D eigenvalue weighted by Crippen LogP contribution is 2.41. The largest absolute Gasteiger partial charge is 0.443 e. The topological polar surface area (TPSA) is 86.3 Å². The van der Waals surface area contributed by atoms with Crippen molar-refractivity contribution < 1.29 is 14.1 Å². The third-order valence-electron chi connectivity index (χ3n) is 4.86. The highest BCUT2D eigenvalue weighted by molar-refractivity contribution is 6.31. The van der Waals surface area contributed by atoms with E-state index in [-0.39, 0.29) is 6.54 Å². The molecule has 2 aromatic heterocycles. The molecule has 0 N–H and O–H groups in total. The van der Waals surface area contributed by atoms with Crippen molar-refractivity contribution in [2.45, 2.75) is 51.7 Å². The van der Waals surface area contributed by atoms with E-state index in [1.165, 1.54) is 0 Å². The summed E-state index contributed by atoms with van der Waals surface area (Å²) in [7, 11) is 0. The molecule has 0 spiro atoms. The van der Waals surface area contributed by atoms with E-state index in [0.29, 0.717) is 34.0 Å². The molecule has 150 valence electrons. The molecule has 0 radical (unpaired) electrons. The van der Waals surface area contributed by atoms with Crippen molar-refractivity contribution in [1.82, 2.24) is 19.7 Å². The molecule has 8 nitrogen and oxygen atoms in total. The van der Waals surface area contributed by atoms with Gasteiger partial charge in [0.2, 0.25) is 11.7 Å². The van der Waals surface area contributed by atoms with Gasteiger partial charge >= 0.3 is 6.09 Å². The van der Waals surface area contributed by atoms with Crippen LogP contribution in [0.5, 0.6) is 0 Å². The number of benzene rings is 1. The molecule has 1 fully saturated rings. The molecule has 1 aromatic carbocycles. The van der Waals surface area contributed by atoms with Crippen LogP contribution in [0.25, 0.3) is 17.2 Å². The number of nitrogens with zero attached hydrogens (tertiary/aromatic N) is 5. The van der Waals surface area contributed by atoms with Crippen molar-refractivity contribution in [3.63, 3.8) is 0 Å². The number of carbonyl (C=O) groups is 1. The molecule has 1 amide bonds. The monoisotopic (exact) mass is 413 g/mol. The molecule has 1 aliphatic heterocycles. The first-order valence-corrected chi connectivity index (χ1v) is 9.88. The van der Waals surface area contributed by atoms with E-state index >= 15 is 0 Å². The lowest BCUT2D eigenvalue weighted by Crippen LogP contribution is -2.39. The number of aromatic nitrogens is 4. The molecule has 3 aromatic rings. The van der Waals surface area contributed by atoms with Gasteiger partial charge in [0.25, 0.3) is 0 Å². The molecular weight excluding hydrogens is 394 g/mol. The number of fused-ring (bicyclic) bond motifs is 3. The first-order chi connectivity index (χ1) is 13.8. The van der Waals surface area contributed by atoms with Crippen molar-refractivity contribution in [1.29, 1.82) is 0 Å². The summed E-state index contributed by atoms with van der Waals surface area (Å²) in [5.41, 5.74) is 2.20. The average molecular weight is 414 g/mol. The summed E-state index contributed by atoms with van der Waals surface area (Å²) in [5.74, 6) is 1.44. The van der Waals surface area contributed by atoms with E-state index in [9.17, 15) is 4.79 Å². The summed E-state index contributed by atoms with van der Waals surface area (Å²) in [6, 6.07) is 5.39. The van der Waals surface area contributed by atoms with Gasteiger partial charge in [0.1, 0.15) is 17.6 Å². The number of rotatable bonds is 2. The van der Waals surface area contributed by atoms with Crippen LogP contribution >= 0.6 is 11.6 Å². The highest BCUT2D eigenvalue weighted by atomic mass is 35.5. The molecule has 0 atom stereocenters. The molecule has 3 heterocycles. The molecule has 0 unspecified atom stereocenters. The first-order valence-electron chi connectivity index (χ1n) is 9.51.